The number of amides is 1. The van der Waals surface area contributed by atoms with Crippen LogP contribution in [-0.4, -0.2) is 27.2 Å². The molecule has 1 aliphatic carbocycles. The highest BCUT2D eigenvalue weighted by atomic mass is 32.1. The second kappa shape index (κ2) is 7.78. The van der Waals surface area contributed by atoms with Crippen molar-refractivity contribution in [2.75, 3.05) is 6.54 Å². The summed E-state index contributed by atoms with van der Waals surface area (Å²) in [5, 5.41) is 12.2. The zero-order valence-corrected chi connectivity index (χ0v) is 16.6. The number of aromatic nitrogens is 3. The van der Waals surface area contributed by atoms with E-state index in [0.717, 1.165) is 17.7 Å². The number of nitrogens with one attached hydrogen (secondary N) is 2. The van der Waals surface area contributed by atoms with Gasteiger partial charge in [-0.2, -0.15) is 5.10 Å². The molecule has 0 bridgehead atoms. The molecule has 1 aliphatic rings. The van der Waals surface area contributed by atoms with Gasteiger partial charge in [-0.05, 0) is 42.1 Å². The lowest BCUT2D eigenvalue weighted by Gasteiger charge is -2.30. The van der Waals surface area contributed by atoms with Crippen LogP contribution in [-0.2, 0) is 16.8 Å². The SMILES string of the molecule is O=C(Cn1c(-c2cccs2)n[nH]c1=S)NCC1(c2ccccc2)CCCC1. The summed E-state index contributed by atoms with van der Waals surface area (Å²) < 4.78 is 2.23. The summed E-state index contributed by atoms with van der Waals surface area (Å²) in [6.07, 6.45) is 4.64. The first-order chi connectivity index (χ1) is 13.2. The molecule has 3 aromatic rings. The Hall–Kier alpha value is -2.25. The minimum absolute atomic E-state index is 0.0347. The van der Waals surface area contributed by atoms with Crippen molar-refractivity contribution in [1.82, 2.24) is 20.1 Å². The Morgan fingerprint density at radius 3 is 2.70 bits per heavy atom. The van der Waals surface area contributed by atoms with Gasteiger partial charge in [0.1, 0.15) is 6.54 Å². The number of hydrogen-bond donors (Lipinski definition) is 2. The summed E-state index contributed by atoms with van der Waals surface area (Å²) in [5.41, 5.74) is 1.37. The maximum atomic E-state index is 12.7. The third-order valence-electron chi connectivity index (χ3n) is 5.37. The van der Waals surface area contributed by atoms with Gasteiger partial charge in [0.2, 0.25) is 5.91 Å². The predicted molar refractivity (Wildman–Crippen MR) is 110 cm³/mol. The van der Waals surface area contributed by atoms with Gasteiger partial charge in [-0.3, -0.25) is 14.5 Å². The van der Waals surface area contributed by atoms with Gasteiger partial charge >= 0.3 is 0 Å². The van der Waals surface area contributed by atoms with Crippen molar-refractivity contribution in [3.05, 3.63) is 58.2 Å². The van der Waals surface area contributed by atoms with Crippen LogP contribution in [0.15, 0.2) is 47.8 Å². The first-order valence-corrected chi connectivity index (χ1v) is 10.5. The Morgan fingerprint density at radius 1 is 1.22 bits per heavy atom. The Morgan fingerprint density at radius 2 is 2.00 bits per heavy atom. The minimum Gasteiger partial charge on any atom is -0.354 e. The maximum absolute atomic E-state index is 12.7. The number of H-pyrrole nitrogens is 1. The minimum atomic E-state index is -0.0347. The molecule has 0 aliphatic heterocycles. The highest BCUT2D eigenvalue weighted by molar-refractivity contribution is 7.71. The standard InChI is InChI=1S/C20H22N4OS2/c25-17(13-24-18(22-23-19(24)26)16-9-6-12-27-16)21-14-20(10-4-5-11-20)15-7-2-1-3-8-15/h1-3,6-9,12H,4-5,10-11,13-14H2,(H,21,25)(H,23,26). The molecule has 27 heavy (non-hydrogen) atoms. The Bertz CT molecular complexity index is 954. The van der Waals surface area contributed by atoms with Crippen molar-refractivity contribution in [1.29, 1.82) is 0 Å². The molecular formula is C20H22N4OS2. The van der Waals surface area contributed by atoms with Crippen LogP contribution in [0.2, 0.25) is 0 Å². The molecule has 5 nitrogen and oxygen atoms in total. The van der Waals surface area contributed by atoms with E-state index in [1.807, 2.05) is 23.6 Å². The van der Waals surface area contributed by atoms with E-state index in [1.165, 1.54) is 18.4 Å². The largest absolute Gasteiger partial charge is 0.354 e. The van der Waals surface area contributed by atoms with Gasteiger partial charge in [0.05, 0.1) is 4.88 Å². The third kappa shape index (κ3) is 3.75. The topological polar surface area (TPSA) is 62.7 Å². The summed E-state index contributed by atoms with van der Waals surface area (Å²) in [7, 11) is 0. The molecule has 1 saturated carbocycles. The zero-order valence-electron chi connectivity index (χ0n) is 15.0. The number of rotatable bonds is 6. The summed E-state index contributed by atoms with van der Waals surface area (Å²) in [6.45, 7) is 0.836. The van der Waals surface area contributed by atoms with E-state index in [-0.39, 0.29) is 17.9 Å². The van der Waals surface area contributed by atoms with Crippen molar-refractivity contribution in [3.63, 3.8) is 0 Å². The second-order valence-corrected chi connectivity index (χ2v) is 8.38. The Labute approximate surface area is 167 Å². The van der Waals surface area contributed by atoms with Gasteiger partial charge in [0, 0.05) is 12.0 Å². The van der Waals surface area contributed by atoms with Crippen molar-refractivity contribution < 1.29 is 4.79 Å². The van der Waals surface area contributed by atoms with Gasteiger partial charge in [0.25, 0.3) is 0 Å². The molecule has 140 valence electrons. The highest BCUT2D eigenvalue weighted by Crippen LogP contribution is 2.40. The third-order valence-corrected chi connectivity index (χ3v) is 6.55. The number of aromatic amines is 1. The molecule has 7 heteroatoms. The number of carbonyl (C=O) groups is 1. The molecule has 1 amide bonds. The van der Waals surface area contributed by atoms with Gasteiger partial charge in [-0.15, -0.1) is 11.3 Å². The van der Waals surface area contributed by atoms with Crippen molar-refractivity contribution in [2.45, 2.75) is 37.6 Å². The van der Waals surface area contributed by atoms with Crippen LogP contribution < -0.4 is 5.32 Å². The van der Waals surface area contributed by atoms with E-state index in [0.29, 0.717) is 17.1 Å². The average Bonchev–Trinajstić information content (AvgIpc) is 3.44. The fourth-order valence-corrected chi connectivity index (χ4v) is 4.86. The first-order valence-electron chi connectivity index (χ1n) is 9.19. The molecule has 1 fully saturated rings. The molecule has 1 aromatic carbocycles. The van der Waals surface area contributed by atoms with Crippen LogP contribution >= 0.6 is 23.6 Å². The van der Waals surface area contributed by atoms with E-state index in [4.69, 9.17) is 12.2 Å². The lowest BCUT2D eigenvalue weighted by Crippen LogP contribution is -2.40. The van der Waals surface area contributed by atoms with Crippen molar-refractivity contribution in [3.8, 4) is 10.7 Å². The summed E-state index contributed by atoms with van der Waals surface area (Å²) >= 11 is 6.90. The molecule has 0 atom stereocenters. The van der Waals surface area contributed by atoms with E-state index < -0.39 is 0 Å². The monoisotopic (exact) mass is 398 g/mol. The lowest BCUT2D eigenvalue weighted by molar-refractivity contribution is -0.121. The molecule has 2 heterocycles. The predicted octanol–water partition coefficient (Wildman–Crippen LogP) is 4.30. The van der Waals surface area contributed by atoms with Gasteiger partial charge in [0.15, 0.2) is 10.6 Å². The van der Waals surface area contributed by atoms with E-state index in [2.05, 4.69) is 39.8 Å². The first kappa shape index (κ1) is 18.1. The fraction of sp³-hybridized carbons (Fsp3) is 0.350. The lowest BCUT2D eigenvalue weighted by atomic mass is 9.79. The molecule has 0 spiro atoms. The number of hydrogen-bond acceptors (Lipinski definition) is 4. The fourth-order valence-electron chi connectivity index (χ4n) is 3.94. The molecule has 0 saturated heterocycles. The summed E-state index contributed by atoms with van der Waals surface area (Å²) in [4.78, 5) is 13.7. The molecular weight excluding hydrogens is 376 g/mol. The quantitative estimate of drug-likeness (QED) is 0.609. The number of thiophene rings is 1. The van der Waals surface area contributed by atoms with Crippen LogP contribution in [0, 0.1) is 4.77 Å². The van der Waals surface area contributed by atoms with Crippen LogP contribution in [0.5, 0.6) is 0 Å². The van der Waals surface area contributed by atoms with Gasteiger partial charge in [-0.25, -0.2) is 0 Å². The van der Waals surface area contributed by atoms with Crippen LogP contribution in [0.1, 0.15) is 31.2 Å². The maximum Gasteiger partial charge on any atom is 0.240 e. The van der Waals surface area contributed by atoms with Gasteiger partial charge in [-0.1, -0.05) is 49.2 Å². The molecule has 4 rings (SSSR count). The number of benzene rings is 1. The smallest absolute Gasteiger partial charge is 0.240 e. The van der Waals surface area contributed by atoms with Crippen molar-refractivity contribution >= 4 is 29.5 Å². The summed E-state index contributed by atoms with van der Waals surface area (Å²) in [5.74, 6) is 0.677. The summed E-state index contributed by atoms with van der Waals surface area (Å²) in [6, 6.07) is 14.5. The zero-order chi connectivity index (χ0) is 18.7. The Kier molecular flexibility index (Phi) is 5.22. The number of carbonyl (C=O) groups excluding carboxylic acids is 1. The van der Waals surface area contributed by atoms with E-state index >= 15 is 0 Å². The molecule has 2 N–H and O–H groups in total. The van der Waals surface area contributed by atoms with Crippen molar-refractivity contribution in [2.24, 2.45) is 0 Å². The highest BCUT2D eigenvalue weighted by Gasteiger charge is 2.35. The van der Waals surface area contributed by atoms with E-state index in [9.17, 15) is 4.79 Å². The molecule has 0 radical (unpaired) electrons. The second-order valence-electron chi connectivity index (χ2n) is 7.05. The van der Waals surface area contributed by atoms with Crippen LogP contribution in [0.4, 0.5) is 0 Å². The molecule has 0 unspecified atom stereocenters. The van der Waals surface area contributed by atoms with Crippen LogP contribution in [0.25, 0.3) is 10.7 Å². The van der Waals surface area contributed by atoms with E-state index in [1.54, 1.807) is 15.9 Å². The van der Waals surface area contributed by atoms with Gasteiger partial charge < -0.3 is 5.32 Å². The average molecular weight is 399 g/mol. The Balaban J connectivity index is 1.48. The molecule has 2 aromatic heterocycles. The normalized spacial score (nSPS) is 15.7. The number of nitrogens with zero attached hydrogens (tertiary/aromatic N) is 2. The van der Waals surface area contributed by atoms with Crippen LogP contribution in [0.3, 0.4) is 0 Å².